The predicted octanol–water partition coefficient (Wildman–Crippen LogP) is 2.40. The first-order valence-electron chi connectivity index (χ1n) is 7.80. The predicted molar refractivity (Wildman–Crippen MR) is 75.7 cm³/mol. The van der Waals surface area contributed by atoms with Gasteiger partial charge in [-0.2, -0.15) is 0 Å². The molecule has 0 radical (unpaired) electrons. The molecule has 1 aliphatic heterocycles. The van der Waals surface area contributed by atoms with E-state index in [1.54, 1.807) is 0 Å². The van der Waals surface area contributed by atoms with E-state index < -0.39 is 0 Å². The van der Waals surface area contributed by atoms with Crippen molar-refractivity contribution in [1.29, 1.82) is 0 Å². The number of nitrogens with two attached hydrogens (primary N) is 1. The Bertz CT molecular complexity index is 241. The fourth-order valence-electron chi connectivity index (χ4n) is 3.57. The fraction of sp³-hybridized carbons (Fsp3) is 1.00. The maximum Gasteiger partial charge on any atom is 0.0806 e. The van der Waals surface area contributed by atoms with Crippen molar-refractivity contribution in [1.82, 2.24) is 4.90 Å². The molecule has 2 aliphatic rings. The van der Waals surface area contributed by atoms with Crippen molar-refractivity contribution < 1.29 is 4.74 Å². The topological polar surface area (TPSA) is 38.5 Å². The van der Waals surface area contributed by atoms with Crippen LogP contribution in [-0.4, -0.2) is 43.3 Å². The summed E-state index contributed by atoms with van der Waals surface area (Å²) < 4.78 is 6.20. The van der Waals surface area contributed by atoms with Gasteiger partial charge in [-0.15, -0.1) is 0 Å². The smallest absolute Gasteiger partial charge is 0.0806 e. The molecule has 2 unspecified atom stereocenters. The molecule has 2 N–H and O–H groups in total. The summed E-state index contributed by atoms with van der Waals surface area (Å²) in [5, 5.41) is 0. The largest absolute Gasteiger partial charge is 0.374 e. The van der Waals surface area contributed by atoms with Crippen LogP contribution in [0.4, 0.5) is 0 Å². The Morgan fingerprint density at radius 2 is 2.06 bits per heavy atom. The quantitative estimate of drug-likeness (QED) is 0.740. The number of hydrogen-bond acceptors (Lipinski definition) is 3. The molecule has 0 amide bonds. The molecule has 0 bridgehead atoms. The highest BCUT2D eigenvalue weighted by Gasteiger charge is 2.34. The van der Waals surface area contributed by atoms with E-state index in [1.165, 1.54) is 45.3 Å². The van der Waals surface area contributed by atoms with Gasteiger partial charge in [0.05, 0.1) is 5.60 Å². The first-order chi connectivity index (χ1) is 8.74. The van der Waals surface area contributed by atoms with Gasteiger partial charge in [0.1, 0.15) is 0 Å². The third kappa shape index (κ3) is 3.94. The average molecular weight is 254 g/mol. The number of ether oxygens (including phenoxy) is 1. The zero-order valence-electron chi connectivity index (χ0n) is 12.0. The molecule has 1 saturated heterocycles. The van der Waals surface area contributed by atoms with Crippen LogP contribution >= 0.6 is 0 Å². The van der Waals surface area contributed by atoms with Gasteiger partial charge in [0.2, 0.25) is 0 Å². The van der Waals surface area contributed by atoms with Gasteiger partial charge in [0.15, 0.2) is 0 Å². The lowest BCUT2D eigenvalue weighted by Gasteiger charge is -2.39. The third-order valence-electron chi connectivity index (χ3n) is 4.65. The average Bonchev–Trinajstić information content (AvgIpc) is 2.88. The van der Waals surface area contributed by atoms with Gasteiger partial charge in [0.25, 0.3) is 0 Å². The summed E-state index contributed by atoms with van der Waals surface area (Å²) in [6, 6.07) is 0. The van der Waals surface area contributed by atoms with Crippen LogP contribution in [0.5, 0.6) is 0 Å². The molecule has 0 spiro atoms. The van der Waals surface area contributed by atoms with Crippen molar-refractivity contribution in [2.24, 2.45) is 11.7 Å². The summed E-state index contributed by atoms with van der Waals surface area (Å²) >= 11 is 0. The first kappa shape index (κ1) is 14.3. The Kier molecular flexibility index (Phi) is 5.46. The maximum atomic E-state index is 6.20. The van der Waals surface area contributed by atoms with Crippen LogP contribution in [0.15, 0.2) is 0 Å². The molecule has 1 saturated carbocycles. The summed E-state index contributed by atoms with van der Waals surface area (Å²) in [5.41, 5.74) is 5.97. The zero-order chi connectivity index (χ0) is 12.8. The van der Waals surface area contributed by atoms with Crippen molar-refractivity contribution in [2.75, 3.05) is 32.8 Å². The van der Waals surface area contributed by atoms with Crippen LogP contribution in [0.25, 0.3) is 0 Å². The van der Waals surface area contributed by atoms with Crippen molar-refractivity contribution in [3.63, 3.8) is 0 Å². The second-order valence-electron chi connectivity index (χ2n) is 6.34. The lowest BCUT2D eigenvalue weighted by molar-refractivity contribution is -0.0760. The number of rotatable bonds is 6. The monoisotopic (exact) mass is 254 g/mol. The Labute approximate surface area is 112 Å². The maximum absolute atomic E-state index is 6.20. The van der Waals surface area contributed by atoms with Crippen LogP contribution in [0, 0.1) is 5.92 Å². The van der Waals surface area contributed by atoms with E-state index in [1.807, 2.05) is 0 Å². The summed E-state index contributed by atoms with van der Waals surface area (Å²) in [6.07, 6.45) is 8.88. The van der Waals surface area contributed by atoms with Crippen LogP contribution in [-0.2, 0) is 4.74 Å². The molecule has 0 aromatic rings. The lowest BCUT2D eigenvalue weighted by Crippen LogP contribution is -2.45. The van der Waals surface area contributed by atoms with E-state index in [0.29, 0.717) is 6.54 Å². The summed E-state index contributed by atoms with van der Waals surface area (Å²) in [6.45, 7) is 7.70. The lowest BCUT2D eigenvalue weighted by atomic mass is 9.79. The summed E-state index contributed by atoms with van der Waals surface area (Å²) in [7, 11) is 0. The molecule has 2 atom stereocenters. The molecule has 3 heteroatoms. The second kappa shape index (κ2) is 6.88. The van der Waals surface area contributed by atoms with Crippen molar-refractivity contribution in [2.45, 2.75) is 57.5 Å². The van der Waals surface area contributed by atoms with E-state index in [9.17, 15) is 0 Å². The second-order valence-corrected chi connectivity index (χ2v) is 6.34. The van der Waals surface area contributed by atoms with Gasteiger partial charge in [-0.1, -0.05) is 19.8 Å². The molecule has 0 aromatic heterocycles. The summed E-state index contributed by atoms with van der Waals surface area (Å²) in [5.74, 6) is 0.779. The Morgan fingerprint density at radius 3 is 2.72 bits per heavy atom. The molecular formula is C15H30N2O. The van der Waals surface area contributed by atoms with Gasteiger partial charge in [0, 0.05) is 19.7 Å². The Morgan fingerprint density at radius 1 is 1.28 bits per heavy atom. The molecule has 1 heterocycles. The van der Waals surface area contributed by atoms with E-state index in [4.69, 9.17) is 10.5 Å². The van der Waals surface area contributed by atoms with Gasteiger partial charge >= 0.3 is 0 Å². The molecule has 1 aliphatic carbocycles. The van der Waals surface area contributed by atoms with Crippen molar-refractivity contribution in [3.05, 3.63) is 0 Å². The molecule has 2 fully saturated rings. The van der Waals surface area contributed by atoms with Gasteiger partial charge in [-0.05, 0) is 51.1 Å². The molecule has 18 heavy (non-hydrogen) atoms. The van der Waals surface area contributed by atoms with Gasteiger partial charge in [-0.25, -0.2) is 0 Å². The normalized spacial score (nSPS) is 34.0. The van der Waals surface area contributed by atoms with E-state index in [2.05, 4.69) is 11.8 Å². The van der Waals surface area contributed by atoms with Gasteiger partial charge < -0.3 is 15.4 Å². The minimum Gasteiger partial charge on any atom is -0.374 e. The van der Waals surface area contributed by atoms with Crippen LogP contribution in [0.2, 0.25) is 0 Å². The molecular weight excluding hydrogens is 224 g/mol. The zero-order valence-corrected chi connectivity index (χ0v) is 12.0. The standard InChI is InChI=1S/C15H30N2O/c1-14-6-4-7-15(12-14,13-16)18-11-5-10-17-8-2-3-9-17/h14H,2-13,16H2,1H3. The van der Waals surface area contributed by atoms with E-state index >= 15 is 0 Å². The number of nitrogens with zero attached hydrogens (tertiary/aromatic N) is 1. The molecule has 106 valence electrons. The summed E-state index contributed by atoms with van der Waals surface area (Å²) in [4.78, 5) is 2.56. The Balaban J connectivity index is 1.66. The van der Waals surface area contributed by atoms with Crippen molar-refractivity contribution in [3.8, 4) is 0 Å². The third-order valence-corrected chi connectivity index (χ3v) is 4.65. The molecule has 3 nitrogen and oxygen atoms in total. The van der Waals surface area contributed by atoms with E-state index in [0.717, 1.165) is 31.8 Å². The fourth-order valence-corrected chi connectivity index (χ4v) is 3.57. The molecule has 0 aromatic carbocycles. The van der Waals surface area contributed by atoms with Crippen molar-refractivity contribution >= 4 is 0 Å². The number of hydrogen-bond donors (Lipinski definition) is 1. The first-order valence-corrected chi connectivity index (χ1v) is 7.80. The van der Waals surface area contributed by atoms with Crippen LogP contribution in [0.3, 0.4) is 0 Å². The highest BCUT2D eigenvalue weighted by atomic mass is 16.5. The highest BCUT2D eigenvalue weighted by molar-refractivity contribution is 4.88. The minimum atomic E-state index is 0.00265. The van der Waals surface area contributed by atoms with E-state index in [-0.39, 0.29) is 5.60 Å². The highest BCUT2D eigenvalue weighted by Crippen LogP contribution is 2.34. The van der Waals surface area contributed by atoms with Crippen LogP contribution in [0.1, 0.15) is 51.9 Å². The SMILES string of the molecule is CC1CCCC(CN)(OCCCN2CCCC2)C1. The number of likely N-dealkylation sites (tertiary alicyclic amines) is 1. The molecule has 2 rings (SSSR count). The Hall–Kier alpha value is -0.120. The van der Waals surface area contributed by atoms with Gasteiger partial charge in [-0.3, -0.25) is 0 Å². The van der Waals surface area contributed by atoms with Crippen LogP contribution < -0.4 is 5.73 Å². The minimum absolute atomic E-state index is 0.00265.